The van der Waals surface area contributed by atoms with Crippen LogP contribution in [0.2, 0.25) is 0 Å². The van der Waals surface area contributed by atoms with E-state index < -0.39 is 0 Å². The lowest BCUT2D eigenvalue weighted by Crippen LogP contribution is -2.30. The van der Waals surface area contributed by atoms with Crippen LogP contribution in [0, 0.1) is 6.92 Å². The SMILES string of the molecule is Cc1cccc2sc(NCCc3ccc(N=C4SC5CCC[C@H]5N4C)cc3)nc12. The molecule has 2 aliphatic rings. The van der Waals surface area contributed by atoms with Gasteiger partial charge < -0.3 is 10.2 Å². The molecule has 1 saturated heterocycles. The van der Waals surface area contributed by atoms with Gasteiger partial charge in [-0.2, -0.15) is 0 Å². The maximum Gasteiger partial charge on any atom is 0.183 e. The normalized spacial score (nSPS) is 22.6. The second-order valence-electron chi connectivity index (χ2n) is 7.94. The Labute approximate surface area is 180 Å². The average Bonchev–Trinajstić information content (AvgIpc) is 3.41. The zero-order valence-corrected chi connectivity index (χ0v) is 18.5. The Morgan fingerprint density at radius 3 is 2.83 bits per heavy atom. The van der Waals surface area contributed by atoms with E-state index in [1.807, 2.05) is 11.8 Å². The van der Waals surface area contributed by atoms with Crippen molar-refractivity contribution in [3.63, 3.8) is 0 Å². The minimum Gasteiger partial charge on any atom is -0.361 e. The summed E-state index contributed by atoms with van der Waals surface area (Å²) in [7, 11) is 2.20. The average molecular weight is 423 g/mol. The van der Waals surface area contributed by atoms with Gasteiger partial charge in [-0.3, -0.25) is 0 Å². The second-order valence-corrected chi connectivity index (χ2v) is 10.2. The Kier molecular flexibility index (Phi) is 5.22. The standard InChI is InChI=1S/C23H26N4S2/c1-15-5-3-8-20-21(15)26-22(28-20)24-14-13-16-9-11-17(12-10-16)25-23-27(2)18-6-4-7-19(18)29-23/h3,5,8-12,18-19H,4,6-7,13-14H2,1-2H3,(H,24,26)/t18-,19?/m1/s1. The fourth-order valence-corrected chi connectivity index (χ4v) is 6.74. The first-order valence-electron chi connectivity index (χ1n) is 10.3. The van der Waals surface area contributed by atoms with Gasteiger partial charge in [0.1, 0.15) is 0 Å². The number of rotatable bonds is 5. The number of anilines is 1. The van der Waals surface area contributed by atoms with Gasteiger partial charge in [0.05, 0.1) is 15.9 Å². The maximum absolute atomic E-state index is 4.90. The first-order chi connectivity index (χ1) is 14.2. The van der Waals surface area contributed by atoms with Crippen molar-refractivity contribution in [3.05, 3.63) is 53.6 Å². The third-order valence-electron chi connectivity index (χ3n) is 5.95. The third kappa shape index (κ3) is 3.88. The number of amidine groups is 1. The van der Waals surface area contributed by atoms with Crippen molar-refractivity contribution in [1.82, 2.24) is 9.88 Å². The molecule has 2 aromatic carbocycles. The van der Waals surface area contributed by atoms with Crippen LogP contribution in [0.4, 0.5) is 10.8 Å². The van der Waals surface area contributed by atoms with Gasteiger partial charge in [0.2, 0.25) is 0 Å². The summed E-state index contributed by atoms with van der Waals surface area (Å²) in [5.74, 6) is 0. The zero-order valence-electron chi connectivity index (χ0n) is 16.9. The summed E-state index contributed by atoms with van der Waals surface area (Å²) in [6, 6.07) is 15.7. The molecule has 0 spiro atoms. The van der Waals surface area contributed by atoms with Crippen LogP contribution in [0.25, 0.3) is 10.2 Å². The Balaban J connectivity index is 1.18. The number of aromatic nitrogens is 1. The highest BCUT2D eigenvalue weighted by molar-refractivity contribution is 8.14. The highest BCUT2D eigenvalue weighted by atomic mass is 32.2. The summed E-state index contributed by atoms with van der Waals surface area (Å²) in [5, 5.41) is 6.41. The predicted octanol–water partition coefficient (Wildman–Crippen LogP) is 5.85. The fraction of sp³-hybridized carbons (Fsp3) is 0.391. The minimum absolute atomic E-state index is 0.690. The first kappa shape index (κ1) is 18.9. The molecule has 1 saturated carbocycles. The Morgan fingerprint density at radius 2 is 2.03 bits per heavy atom. The van der Waals surface area contributed by atoms with E-state index >= 15 is 0 Å². The fourth-order valence-electron chi connectivity index (χ4n) is 4.28. The molecule has 150 valence electrons. The molecule has 1 aliphatic heterocycles. The lowest BCUT2D eigenvalue weighted by Gasteiger charge is -2.19. The van der Waals surface area contributed by atoms with E-state index in [1.165, 1.54) is 40.3 Å². The number of thioether (sulfide) groups is 1. The van der Waals surface area contributed by atoms with Crippen LogP contribution in [0.1, 0.15) is 30.4 Å². The second kappa shape index (κ2) is 8.00. The van der Waals surface area contributed by atoms with E-state index in [1.54, 1.807) is 11.3 Å². The number of fused-ring (bicyclic) bond motifs is 2. The van der Waals surface area contributed by atoms with Gasteiger partial charge in [-0.1, -0.05) is 53.8 Å². The number of para-hydroxylation sites is 1. The van der Waals surface area contributed by atoms with E-state index in [0.717, 1.165) is 34.6 Å². The van der Waals surface area contributed by atoms with E-state index in [-0.39, 0.29) is 0 Å². The molecule has 1 aliphatic carbocycles. The van der Waals surface area contributed by atoms with Crippen LogP contribution in [0.3, 0.4) is 0 Å². The van der Waals surface area contributed by atoms with Gasteiger partial charge in [-0.25, -0.2) is 9.98 Å². The van der Waals surface area contributed by atoms with Crippen LogP contribution in [-0.4, -0.2) is 39.9 Å². The van der Waals surface area contributed by atoms with Crippen LogP contribution in [-0.2, 0) is 6.42 Å². The molecule has 0 bridgehead atoms. The molecule has 1 aromatic heterocycles. The van der Waals surface area contributed by atoms with Gasteiger partial charge in [0.15, 0.2) is 10.3 Å². The van der Waals surface area contributed by atoms with Gasteiger partial charge in [-0.05, 0) is 55.5 Å². The molecule has 3 aromatic rings. The molecular weight excluding hydrogens is 396 g/mol. The number of aryl methyl sites for hydroxylation is 1. The number of hydrogen-bond donors (Lipinski definition) is 1. The lowest BCUT2D eigenvalue weighted by atomic mass is 10.1. The molecule has 1 N–H and O–H groups in total. The quantitative estimate of drug-likeness (QED) is 0.560. The molecule has 0 amide bonds. The number of nitrogens with zero attached hydrogens (tertiary/aromatic N) is 3. The van der Waals surface area contributed by atoms with E-state index in [0.29, 0.717) is 6.04 Å². The molecule has 2 heterocycles. The summed E-state index contributed by atoms with van der Waals surface area (Å²) in [5.41, 5.74) is 4.72. The van der Waals surface area contributed by atoms with E-state index in [4.69, 9.17) is 9.98 Å². The van der Waals surface area contributed by atoms with Gasteiger partial charge >= 0.3 is 0 Å². The molecule has 2 fully saturated rings. The highest BCUT2D eigenvalue weighted by Crippen LogP contribution is 2.41. The van der Waals surface area contributed by atoms with Gasteiger partial charge in [-0.15, -0.1) is 0 Å². The van der Waals surface area contributed by atoms with Crippen molar-refractivity contribution in [1.29, 1.82) is 0 Å². The molecule has 4 nitrogen and oxygen atoms in total. The molecule has 5 rings (SSSR count). The first-order valence-corrected chi connectivity index (χ1v) is 12.0. The van der Waals surface area contributed by atoms with Gasteiger partial charge in [0.25, 0.3) is 0 Å². The van der Waals surface area contributed by atoms with Crippen LogP contribution < -0.4 is 5.32 Å². The van der Waals surface area contributed by atoms with Crippen molar-refractivity contribution >= 4 is 49.3 Å². The summed E-state index contributed by atoms with van der Waals surface area (Å²) in [6.45, 7) is 3.00. The number of thiazole rings is 1. The predicted molar refractivity (Wildman–Crippen MR) is 127 cm³/mol. The van der Waals surface area contributed by atoms with Crippen LogP contribution in [0.15, 0.2) is 47.5 Å². The molecule has 29 heavy (non-hydrogen) atoms. The minimum atomic E-state index is 0.690. The number of aliphatic imine (C=N–C) groups is 1. The van der Waals surface area contributed by atoms with Crippen molar-refractivity contribution in [3.8, 4) is 0 Å². The molecular formula is C23H26N4S2. The van der Waals surface area contributed by atoms with E-state index in [2.05, 4.69) is 66.7 Å². The number of hydrogen-bond acceptors (Lipinski definition) is 5. The maximum atomic E-state index is 4.90. The highest BCUT2D eigenvalue weighted by Gasteiger charge is 2.39. The number of nitrogens with one attached hydrogen (secondary N) is 1. The topological polar surface area (TPSA) is 40.5 Å². The smallest absolute Gasteiger partial charge is 0.183 e. The Bertz CT molecular complexity index is 1040. The molecule has 1 unspecified atom stereocenters. The summed E-state index contributed by atoms with van der Waals surface area (Å²) in [6.07, 6.45) is 4.98. The van der Waals surface area contributed by atoms with Crippen molar-refractivity contribution < 1.29 is 0 Å². The van der Waals surface area contributed by atoms with Gasteiger partial charge in [0, 0.05) is 24.9 Å². The van der Waals surface area contributed by atoms with E-state index in [9.17, 15) is 0 Å². The van der Waals surface area contributed by atoms with Crippen LogP contribution in [0.5, 0.6) is 0 Å². The van der Waals surface area contributed by atoms with Crippen molar-refractivity contribution in [2.45, 2.75) is 43.9 Å². The van der Waals surface area contributed by atoms with Crippen molar-refractivity contribution in [2.24, 2.45) is 4.99 Å². The lowest BCUT2D eigenvalue weighted by molar-refractivity contribution is 0.397. The Hall–Kier alpha value is -2.05. The third-order valence-corrected chi connectivity index (χ3v) is 8.37. The molecule has 6 heteroatoms. The monoisotopic (exact) mass is 422 g/mol. The summed E-state index contributed by atoms with van der Waals surface area (Å²) >= 11 is 3.69. The van der Waals surface area contributed by atoms with Crippen LogP contribution >= 0.6 is 23.1 Å². The van der Waals surface area contributed by atoms with Crippen molar-refractivity contribution in [2.75, 3.05) is 18.9 Å². The Morgan fingerprint density at radius 1 is 1.17 bits per heavy atom. The summed E-state index contributed by atoms with van der Waals surface area (Å²) in [4.78, 5) is 12.0. The summed E-state index contributed by atoms with van der Waals surface area (Å²) < 4.78 is 1.25. The molecule has 0 radical (unpaired) electrons. The zero-order chi connectivity index (χ0) is 19.8. The largest absolute Gasteiger partial charge is 0.361 e. The number of benzene rings is 2. The molecule has 2 atom stereocenters.